The SMILES string of the molecule is COC(=O)c1c(NC(=O)Cc2ccc(OC)cc2OC)sc2c1CCCC2. The fraction of sp³-hybridized carbons (Fsp3) is 0.400. The molecule has 1 aromatic carbocycles. The Balaban J connectivity index is 1.82. The first-order valence-electron chi connectivity index (χ1n) is 8.81. The standard InChI is InChI=1S/C20H23NO5S/c1-24-13-9-8-12(15(11-13)25-2)10-17(22)21-19-18(20(23)26-3)14-6-4-5-7-16(14)27-19/h8-9,11H,4-7,10H2,1-3H3,(H,21,22). The van der Waals surface area contributed by atoms with Crippen LogP contribution in [0.2, 0.25) is 0 Å². The molecule has 1 aliphatic carbocycles. The van der Waals surface area contributed by atoms with Gasteiger partial charge in [-0.05, 0) is 37.3 Å². The summed E-state index contributed by atoms with van der Waals surface area (Å²) < 4.78 is 15.5. The second-order valence-corrected chi connectivity index (χ2v) is 7.41. The molecule has 7 heteroatoms. The Hall–Kier alpha value is -2.54. The van der Waals surface area contributed by atoms with Gasteiger partial charge in [-0.15, -0.1) is 11.3 Å². The van der Waals surface area contributed by atoms with Crippen molar-refractivity contribution in [2.75, 3.05) is 26.6 Å². The molecule has 0 saturated carbocycles. The Labute approximate surface area is 162 Å². The van der Waals surface area contributed by atoms with E-state index in [9.17, 15) is 9.59 Å². The first-order valence-corrected chi connectivity index (χ1v) is 9.62. The molecule has 1 heterocycles. The molecule has 0 aliphatic heterocycles. The van der Waals surface area contributed by atoms with Crippen molar-refractivity contribution in [1.82, 2.24) is 0 Å². The third kappa shape index (κ3) is 4.08. The number of aryl methyl sites for hydroxylation is 1. The Morgan fingerprint density at radius 3 is 2.59 bits per heavy atom. The zero-order valence-corrected chi connectivity index (χ0v) is 16.5. The summed E-state index contributed by atoms with van der Waals surface area (Å²) in [4.78, 5) is 26.1. The fourth-order valence-corrected chi connectivity index (χ4v) is 4.61. The van der Waals surface area contributed by atoms with Gasteiger partial charge in [0.05, 0.1) is 33.3 Å². The van der Waals surface area contributed by atoms with Gasteiger partial charge in [-0.2, -0.15) is 0 Å². The van der Waals surface area contributed by atoms with E-state index in [1.165, 1.54) is 23.3 Å². The minimum atomic E-state index is -0.397. The van der Waals surface area contributed by atoms with Crippen molar-refractivity contribution in [3.8, 4) is 11.5 Å². The highest BCUT2D eigenvalue weighted by Crippen LogP contribution is 2.38. The number of fused-ring (bicyclic) bond motifs is 1. The van der Waals surface area contributed by atoms with Crippen molar-refractivity contribution in [2.24, 2.45) is 0 Å². The van der Waals surface area contributed by atoms with Crippen LogP contribution in [0.1, 0.15) is 39.2 Å². The summed E-state index contributed by atoms with van der Waals surface area (Å²) in [5.41, 5.74) is 2.28. The summed E-state index contributed by atoms with van der Waals surface area (Å²) in [6.45, 7) is 0. The van der Waals surface area contributed by atoms with Gasteiger partial charge in [0.2, 0.25) is 5.91 Å². The van der Waals surface area contributed by atoms with Gasteiger partial charge in [-0.3, -0.25) is 4.79 Å². The molecule has 3 rings (SSSR count). The van der Waals surface area contributed by atoms with E-state index in [1.807, 2.05) is 0 Å². The number of thiophene rings is 1. The number of benzene rings is 1. The van der Waals surface area contributed by atoms with Gasteiger partial charge >= 0.3 is 5.97 Å². The van der Waals surface area contributed by atoms with Crippen molar-refractivity contribution in [1.29, 1.82) is 0 Å². The molecule has 0 saturated heterocycles. The highest BCUT2D eigenvalue weighted by Gasteiger charge is 2.27. The summed E-state index contributed by atoms with van der Waals surface area (Å²) in [7, 11) is 4.50. The lowest BCUT2D eigenvalue weighted by atomic mass is 9.95. The van der Waals surface area contributed by atoms with Crippen LogP contribution in [0, 0.1) is 0 Å². The predicted octanol–water partition coefficient (Wildman–Crippen LogP) is 3.61. The zero-order valence-electron chi connectivity index (χ0n) is 15.7. The molecule has 0 bridgehead atoms. The molecular formula is C20H23NO5S. The predicted molar refractivity (Wildman–Crippen MR) is 104 cm³/mol. The van der Waals surface area contributed by atoms with Crippen molar-refractivity contribution in [3.63, 3.8) is 0 Å². The summed E-state index contributed by atoms with van der Waals surface area (Å²) in [5, 5.41) is 3.48. The third-order valence-electron chi connectivity index (χ3n) is 4.66. The largest absolute Gasteiger partial charge is 0.497 e. The number of methoxy groups -OCH3 is 3. The Morgan fingerprint density at radius 1 is 1.11 bits per heavy atom. The van der Waals surface area contributed by atoms with Gasteiger partial charge in [0.15, 0.2) is 0 Å². The van der Waals surface area contributed by atoms with Crippen LogP contribution in [0.4, 0.5) is 5.00 Å². The van der Waals surface area contributed by atoms with Gasteiger partial charge in [0, 0.05) is 16.5 Å². The molecule has 1 aliphatic rings. The van der Waals surface area contributed by atoms with Crippen LogP contribution in [-0.2, 0) is 28.8 Å². The topological polar surface area (TPSA) is 73.9 Å². The van der Waals surface area contributed by atoms with Crippen molar-refractivity contribution >= 4 is 28.2 Å². The number of nitrogens with one attached hydrogen (secondary N) is 1. The number of esters is 1. The van der Waals surface area contributed by atoms with Gasteiger partial charge in [-0.25, -0.2) is 4.79 Å². The number of amides is 1. The quantitative estimate of drug-likeness (QED) is 0.764. The van der Waals surface area contributed by atoms with Crippen molar-refractivity contribution in [2.45, 2.75) is 32.1 Å². The Bertz CT molecular complexity index is 858. The molecule has 1 amide bonds. The van der Waals surface area contributed by atoms with E-state index in [1.54, 1.807) is 32.4 Å². The van der Waals surface area contributed by atoms with E-state index >= 15 is 0 Å². The lowest BCUT2D eigenvalue weighted by molar-refractivity contribution is -0.115. The number of carbonyl (C=O) groups is 2. The van der Waals surface area contributed by atoms with Crippen LogP contribution in [0.15, 0.2) is 18.2 Å². The number of carbonyl (C=O) groups excluding carboxylic acids is 2. The molecule has 0 radical (unpaired) electrons. The maximum Gasteiger partial charge on any atom is 0.341 e. The molecule has 2 aromatic rings. The number of anilines is 1. The fourth-order valence-electron chi connectivity index (χ4n) is 3.31. The first-order chi connectivity index (χ1) is 13.1. The highest BCUT2D eigenvalue weighted by molar-refractivity contribution is 7.17. The number of ether oxygens (including phenoxy) is 3. The summed E-state index contributed by atoms with van der Waals surface area (Å²) in [6, 6.07) is 5.33. The molecular weight excluding hydrogens is 366 g/mol. The van der Waals surface area contributed by atoms with E-state index in [0.717, 1.165) is 36.8 Å². The minimum Gasteiger partial charge on any atom is -0.497 e. The van der Waals surface area contributed by atoms with E-state index in [2.05, 4.69) is 5.32 Å². The number of hydrogen-bond donors (Lipinski definition) is 1. The molecule has 0 unspecified atom stereocenters. The third-order valence-corrected chi connectivity index (χ3v) is 5.87. The van der Waals surface area contributed by atoms with Crippen LogP contribution in [0.5, 0.6) is 11.5 Å². The lowest BCUT2D eigenvalue weighted by Gasteiger charge is -2.12. The summed E-state index contributed by atoms with van der Waals surface area (Å²) >= 11 is 1.48. The second-order valence-electron chi connectivity index (χ2n) is 6.31. The van der Waals surface area contributed by atoms with Crippen LogP contribution in [-0.4, -0.2) is 33.2 Å². The normalized spacial score (nSPS) is 12.9. The van der Waals surface area contributed by atoms with Gasteiger partial charge in [0.1, 0.15) is 16.5 Å². The molecule has 1 N–H and O–H groups in total. The Morgan fingerprint density at radius 2 is 1.89 bits per heavy atom. The highest BCUT2D eigenvalue weighted by atomic mass is 32.1. The van der Waals surface area contributed by atoms with Crippen molar-refractivity contribution < 1.29 is 23.8 Å². The molecule has 0 spiro atoms. The molecule has 0 atom stereocenters. The zero-order chi connectivity index (χ0) is 19.4. The number of hydrogen-bond acceptors (Lipinski definition) is 6. The summed E-state index contributed by atoms with van der Waals surface area (Å²) in [6.07, 6.45) is 4.07. The lowest BCUT2D eigenvalue weighted by Crippen LogP contribution is -2.17. The average molecular weight is 389 g/mol. The van der Waals surface area contributed by atoms with E-state index in [0.29, 0.717) is 22.1 Å². The molecule has 6 nitrogen and oxygen atoms in total. The van der Waals surface area contributed by atoms with Gasteiger partial charge in [0.25, 0.3) is 0 Å². The van der Waals surface area contributed by atoms with Crippen LogP contribution in [0.25, 0.3) is 0 Å². The van der Waals surface area contributed by atoms with Crippen LogP contribution >= 0.6 is 11.3 Å². The summed E-state index contributed by atoms with van der Waals surface area (Å²) in [5.74, 6) is 0.645. The van der Waals surface area contributed by atoms with Crippen LogP contribution < -0.4 is 14.8 Å². The van der Waals surface area contributed by atoms with Gasteiger partial charge < -0.3 is 19.5 Å². The average Bonchev–Trinajstić information content (AvgIpc) is 3.05. The minimum absolute atomic E-state index is 0.135. The molecule has 0 fully saturated rings. The first kappa shape index (κ1) is 19.2. The van der Waals surface area contributed by atoms with E-state index in [-0.39, 0.29) is 12.3 Å². The smallest absolute Gasteiger partial charge is 0.341 e. The van der Waals surface area contributed by atoms with E-state index in [4.69, 9.17) is 14.2 Å². The monoisotopic (exact) mass is 389 g/mol. The van der Waals surface area contributed by atoms with Crippen molar-refractivity contribution in [3.05, 3.63) is 39.8 Å². The maximum atomic E-state index is 12.6. The maximum absolute atomic E-state index is 12.6. The molecule has 1 aromatic heterocycles. The molecule has 144 valence electrons. The molecule has 27 heavy (non-hydrogen) atoms. The second kappa shape index (κ2) is 8.43. The Kier molecular flexibility index (Phi) is 6.01. The van der Waals surface area contributed by atoms with Gasteiger partial charge in [-0.1, -0.05) is 6.07 Å². The number of rotatable bonds is 6. The van der Waals surface area contributed by atoms with E-state index < -0.39 is 5.97 Å². The van der Waals surface area contributed by atoms with Crippen LogP contribution in [0.3, 0.4) is 0 Å².